The maximum absolute atomic E-state index is 4.85. The molecular weight excluding hydrogens is 378 g/mol. The Hall–Kier alpha value is -4.11. The minimum absolute atomic E-state index is 0.521. The number of aliphatic imine (C=N–C) groups is 3. The van der Waals surface area contributed by atoms with Crippen LogP contribution < -0.4 is 0 Å². The van der Waals surface area contributed by atoms with Crippen molar-refractivity contribution in [1.29, 1.82) is 0 Å². The van der Waals surface area contributed by atoms with E-state index in [9.17, 15) is 0 Å². The van der Waals surface area contributed by atoms with E-state index in [1.807, 2.05) is 66.7 Å². The van der Waals surface area contributed by atoms with Crippen molar-refractivity contribution < 1.29 is 0 Å². The molecule has 4 aromatic carbocycles. The minimum atomic E-state index is 0.521. The summed E-state index contributed by atoms with van der Waals surface area (Å²) in [5, 5.41) is 0. The summed E-state index contributed by atoms with van der Waals surface area (Å²) in [7, 11) is 0. The minimum Gasteiger partial charge on any atom is -0.261 e. The van der Waals surface area contributed by atoms with Gasteiger partial charge in [-0.3, -0.25) is 4.99 Å². The number of rotatable bonds is 5. The Morgan fingerprint density at radius 1 is 0.581 bits per heavy atom. The fourth-order valence-corrected chi connectivity index (χ4v) is 3.30. The number of amidine groups is 2. The van der Waals surface area contributed by atoms with Crippen LogP contribution in [0.25, 0.3) is 11.1 Å². The summed E-state index contributed by atoms with van der Waals surface area (Å²) in [6.45, 7) is 4.23. The van der Waals surface area contributed by atoms with Gasteiger partial charge >= 0.3 is 0 Å². The van der Waals surface area contributed by atoms with Gasteiger partial charge in [0.2, 0.25) is 0 Å². The zero-order valence-electron chi connectivity index (χ0n) is 17.2. The predicted molar refractivity (Wildman–Crippen MR) is 131 cm³/mol. The number of nitrogens with zero attached hydrogens (tertiary/aromatic N) is 3. The first-order valence-corrected chi connectivity index (χ1v) is 10.2. The first-order valence-electron chi connectivity index (χ1n) is 10.2. The predicted octanol–water partition coefficient (Wildman–Crippen LogP) is 6.45. The van der Waals surface area contributed by atoms with E-state index >= 15 is 0 Å². The summed E-state index contributed by atoms with van der Waals surface area (Å²) in [5.41, 5.74) is 5.34. The van der Waals surface area contributed by atoms with Gasteiger partial charge in [0, 0.05) is 11.1 Å². The third kappa shape index (κ3) is 5.28. The molecule has 150 valence electrons. The summed E-state index contributed by atoms with van der Waals surface area (Å²) in [5.74, 6) is 1.19. The standard InChI is InChI=1S/C28H23N3/c1-29-27(24-15-7-3-8-16-24)31-28(25-17-9-4-10-18-25)30-21-22-12-11-19-26(20-22)23-13-5-2-6-14-23/h2-20H,1,21H2. The lowest BCUT2D eigenvalue weighted by Crippen LogP contribution is -2.05. The van der Waals surface area contributed by atoms with Crippen LogP contribution in [0.5, 0.6) is 0 Å². The van der Waals surface area contributed by atoms with Gasteiger partial charge < -0.3 is 0 Å². The van der Waals surface area contributed by atoms with Crippen LogP contribution >= 0.6 is 0 Å². The van der Waals surface area contributed by atoms with Crippen LogP contribution in [0.3, 0.4) is 0 Å². The molecule has 0 saturated carbocycles. The van der Waals surface area contributed by atoms with E-state index in [-0.39, 0.29) is 0 Å². The molecule has 0 atom stereocenters. The van der Waals surface area contributed by atoms with E-state index in [4.69, 9.17) is 9.98 Å². The number of hydrogen-bond acceptors (Lipinski definition) is 1. The Labute approximate surface area is 183 Å². The Balaban J connectivity index is 1.68. The third-order valence-electron chi connectivity index (χ3n) is 4.87. The Bertz CT molecular complexity index is 1190. The first kappa shape index (κ1) is 20.2. The summed E-state index contributed by atoms with van der Waals surface area (Å²) < 4.78 is 0. The zero-order chi connectivity index (χ0) is 21.3. The molecule has 0 unspecified atom stereocenters. The van der Waals surface area contributed by atoms with E-state index in [2.05, 4.69) is 60.2 Å². The van der Waals surface area contributed by atoms with Crippen molar-refractivity contribution in [1.82, 2.24) is 0 Å². The maximum Gasteiger partial charge on any atom is 0.161 e. The van der Waals surface area contributed by atoms with Crippen LogP contribution in [0, 0.1) is 0 Å². The average Bonchev–Trinajstić information content (AvgIpc) is 2.86. The quantitative estimate of drug-likeness (QED) is 0.272. The van der Waals surface area contributed by atoms with Crippen molar-refractivity contribution in [3.63, 3.8) is 0 Å². The fraction of sp³-hybridized carbons (Fsp3) is 0.0357. The summed E-state index contributed by atoms with van der Waals surface area (Å²) in [6.07, 6.45) is 0. The van der Waals surface area contributed by atoms with Gasteiger partial charge in [-0.2, -0.15) is 0 Å². The van der Waals surface area contributed by atoms with Gasteiger partial charge in [-0.25, -0.2) is 9.98 Å². The second-order valence-corrected chi connectivity index (χ2v) is 7.03. The highest BCUT2D eigenvalue weighted by atomic mass is 15.0. The molecule has 3 heteroatoms. The van der Waals surface area contributed by atoms with E-state index < -0.39 is 0 Å². The van der Waals surface area contributed by atoms with Crippen LogP contribution in [-0.2, 0) is 6.54 Å². The molecule has 4 aromatic rings. The highest BCUT2D eigenvalue weighted by Gasteiger charge is 2.07. The van der Waals surface area contributed by atoms with Crippen molar-refractivity contribution in [2.45, 2.75) is 6.54 Å². The second kappa shape index (κ2) is 10.1. The second-order valence-electron chi connectivity index (χ2n) is 7.03. The van der Waals surface area contributed by atoms with Crippen molar-refractivity contribution >= 4 is 18.4 Å². The highest BCUT2D eigenvalue weighted by Crippen LogP contribution is 2.20. The van der Waals surface area contributed by atoms with Gasteiger partial charge in [-0.05, 0) is 29.5 Å². The molecule has 3 nitrogen and oxygen atoms in total. The number of hydrogen-bond donors (Lipinski definition) is 0. The topological polar surface area (TPSA) is 37.1 Å². The van der Waals surface area contributed by atoms with Crippen molar-refractivity contribution in [3.8, 4) is 11.1 Å². The fourth-order valence-electron chi connectivity index (χ4n) is 3.30. The lowest BCUT2D eigenvalue weighted by atomic mass is 10.0. The van der Waals surface area contributed by atoms with Crippen LogP contribution in [0.2, 0.25) is 0 Å². The van der Waals surface area contributed by atoms with Gasteiger partial charge in [-0.1, -0.05) is 109 Å². The van der Waals surface area contributed by atoms with Crippen molar-refractivity contribution in [2.75, 3.05) is 0 Å². The third-order valence-corrected chi connectivity index (χ3v) is 4.87. The monoisotopic (exact) mass is 401 g/mol. The van der Waals surface area contributed by atoms with Crippen LogP contribution in [0.15, 0.2) is 130 Å². The summed E-state index contributed by atoms with van der Waals surface area (Å²) in [6, 6.07) is 38.6. The van der Waals surface area contributed by atoms with Crippen molar-refractivity contribution in [3.05, 3.63) is 132 Å². The molecule has 0 aromatic heterocycles. The van der Waals surface area contributed by atoms with Gasteiger partial charge in [0.25, 0.3) is 0 Å². The van der Waals surface area contributed by atoms with Gasteiger partial charge in [0.05, 0.1) is 6.54 Å². The molecule has 0 aliphatic heterocycles. The van der Waals surface area contributed by atoms with E-state index in [1.165, 1.54) is 11.1 Å². The SMILES string of the molecule is C=NC(=NC(=NCc1cccc(-c2ccccc2)c1)c1ccccc1)c1ccccc1. The molecule has 4 rings (SSSR count). The Kier molecular flexibility index (Phi) is 6.56. The molecule has 0 aliphatic carbocycles. The average molecular weight is 402 g/mol. The van der Waals surface area contributed by atoms with Crippen molar-refractivity contribution in [2.24, 2.45) is 15.0 Å². The molecule has 0 N–H and O–H groups in total. The molecule has 0 fully saturated rings. The zero-order valence-corrected chi connectivity index (χ0v) is 17.2. The van der Waals surface area contributed by atoms with Crippen LogP contribution in [0.1, 0.15) is 16.7 Å². The lowest BCUT2D eigenvalue weighted by Gasteiger charge is -2.07. The van der Waals surface area contributed by atoms with Gasteiger partial charge in [-0.15, -0.1) is 0 Å². The van der Waals surface area contributed by atoms with Gasteiger partial charge in [0.1, 0.15) is 0 Å². The molecule has 0 saturated heterocycles. The Morgan fingerprint density at radius 3 is 1.74 bits per heavy atom. The lowest BCUT2D eigenvalue weighted by molar-refractivity contribution is 1.06. The molecule has 0 amide bonds. The van der Waals surface area contributed by atoms with E-state index in [1.54, 1.807) is 0 Å². The molecular formula is C28H23N3. The summed E-state index contributed by atoms with van der Waals surface area (Å²) in [4.78, 5) is 13.8. The van der Waals surface area contributed by atoms with E-state index in [0.717, 1.165) is 16.7 Å². The molecule has 0 bridgehead atoms. The molecule has 0 spiro atoms. The largest absolute Gasteiger partial charge is 0.261 e. The molecule has 0 aliphatic rings. The Morgan fingerprint density at radius 2 is 1.13 bits per heavy atom. The van der Waals surface area contributed by atoms with Gasteiger partial charge in [0.15, 0.2) is 11.7 Å². The molecule has 0 radical (unpaired) electrons. The molecule has 0 heterocycles. The first-order chi connectivity index (χ1) is 15.3. The highest BCUT2D eigenvalue weighted by molar-refractivity contribution is 6.12. The summed E-state index contributed by atoms with van der Waals surface area (Å²) >= 11 is 0. The number of benzene rings is 4. The smallest absolute Gasteiger partial charge is 0.161 e. The normalized spacial score (nSPS) is 11.9. The van der Waals surface area contributed by atoms with Crippen LogP contribution in [0.4, 0.5) is 0 Å². The molecule has 31 heavy (non-hydrogen) atoms. The van der Waals surface area contributed by atoms with E-state index in [0.29, 0.717) is 18.2 Å². The van der Waals surface area contributed by atoms with Crippen LogP contribution in [-0.4, -0.2) is 18.4 Å². The maximum atomic E-state index is 4.85.